The van der Waals surface area contributed by atoms with Crippen LogP contribution < -0.4 is 0 Å². The van der Waals surface area contributed by atoms with Crippen molar-refractivity contribution in [2.75, 3.05) is 13.2 Å². The van der Waals surface area contributed by atoms with E-state index >= 15 is 0 Å². The average molecular weight is 807 g/mol. The van der Waals surface area contributed by atoms with Gasteiger partial charge in [-0.3, -0.25) is 24.4 Å². The molecule has 1 N–H and O–H groups in total. The van der Waals surface area contributed by atoms with Crippen LogP contribution in [-0.4, -0.2) is 99.7 Å². The molecule has 0 amide bonds. The molecule has 2 unspecified atom stereocenters. The molecular weight excluding hydrogens is 748 g/mol. The van der Waals surface area contributed by atoms with E-state index in [0.29, 0.717) is 0 Å². The van der Waals surface area contributed by atoms with Crippen molar-refractivity contribution in [3.8, 4) is 0 Å². The number of hydrogen-bond acceptors (Lipinski definition) is 14. The monoisotopic (exact) mass is 806 g/mol. The zero-order valence-corrected chi connectivity index (χ0v) is 35.1. The Morgan fingerprint density at radius 3 is 1.88 bits per heavy atom. The van der Waals surface area contributed by atoms with Gasteiger partial charge in [0.25, 0.3) is 0 Å². The fraction of sp³-hybridized carbons (Fsp3) is 0.568. The van der Waals surface area contributed by atoms with E-state index in [1.54, 1.807) is 45.9 Å². The average Bonchev–Trinajstić information content (AvgIpc) is 3.37. The number of aromatic nitrogens is 2. The van der Waals surface area contributed by atoms with Crippen molar-refractivity contribution in [2.24, 2.45) is 29.1 Å². The molecule has 2 aromatic heterocycles. The van der Waals surface area contributed by atoms with Gasteiger partial charge >= 0.3 is 23.9 Å². The van der Waals surface area contributed by atoms with Crippen LogP contribution in [0.3, 0.4) is 0 Å². The Balaban J connectivity index is 2.10. The van der Waals surface area contributed by atoms with E-state index < -0.39 is 95.1 Å². The number of fused-ring (bicyclic) bond motifs is 1. The predicted molar refractivity (Wildman–Crippen MR) is 211 cm³/mol. The molecule has 14 heteroatoms. The maximum Gasteiger partial charge on any atom is 0.340 e. The first-order valence-electron chi connectivity index (χ1n) is 19.6. The highest BCUT2D eigenvalue weighted by Gasteiger charge is 2.68. The molecule has 316 valence electrons. The van der Waals surface area contributed by atoms with Gasteiger partial charge < -0.3 is 33.5 Å². The second-order valence-electron chi connectivity index (χ2n) is 16.9. The molecule has 2 aliphatic rings. The summed E-state index contributed by atoms with van der Waals surface area (Å²) in [6.07, 6.45) is 1.26. The molecule has 0 bridgehead atoms. The SMILES string of the molecule is C=C1C(OC(=O)c2cccnc2)[C@@H]2[C@@H](OCC(C)C)[C@](C)(OC(C)=O)C[C@]2(O)C(=O)[C@H](C)/C=C\C(C)(C)C(OC(=O)c2cccnc2)[C@H](OC(C)=O)[C@H]1OCC(C)C. The first kappa shape index (κ1) is 45.9. The minimum atomic E-state index is -2.38. The quantitative estimate of drug-likeness (QED) is 0.157. The van der Waals surface area contributed by atoms with Crippen LogP contribution >= 0.6 is 0 Å². The molecule has 0 radical (unpaired) electrons. The number of pyridine rings is 2. The lowest BCUT2D eigenvalue weighted by molar-refractivity contribution is -0.179. The predicted octanol–water partition coefficient (Wildman–Crippen LogP) is 5.67. The van der Waals surface area contributed by atoms with Crippen molar-refractivity contribution >= 4 is 29.7 Å². The minimum Gasteiger partial charge on any atom is -0.457 e. The lowest BCUT2D eigenvalue weighted by atomic mass is 9.72. The second-order valence-corrected chi connectivity index (χ2v) is 16.9. The Morgan fingerprint density at radius 2 is 1.38 bits per heavy atom. The lowest BCUT2D eigenvalue weighted by Crippen LogP contribution is -2.58. The maximum absolute atomic E-state index is 14.9. The normalized spacial score (nSPS) is 30.4. The number of aliphatic hydroxyl groups is 1. The van der Waals surface area contributed by atoms with Gasteiger partial charge in [-0.25, -0.2) is 9.59 Å². The topological polar surface area (TPSA) is 187 Å². The van der Waals surface area contributed by atoms with Crippen molar-refractivity contribution in [1.82, 2.24) is 9.97 Å². The highest BCUT2D eigenvalue weighted by molar-refractivity contribution is 5.92. The number of ketones is 1. The second kappa shape index (κ2) is 18.9. The Labute approximate surface area is 340 Å². The number of esters is 4. The van der Waals surface area contributed by atoms with E-state index in [9.17, 15) is 29.1 Å². The maximum atomic E-state index is 14.9. The zero-order valence-electron chi connectivity index (χ0n) is 35.1. The Kier molecular flexibility index (Phi) is 14.9. The van der Waals surface area contributed by atoms with Gasteiger partial charge in [-0.15, -0.1) is 0 Å². The van der Waals surface area contributed by atoms with Crippen molar-refractivity contribution in [1.29, 1.82) is 0 Å². The summed E-state index contributed by atoms with van der Waals surface area (Å²) >= 11 is 0. The number of ether oxygens (including phenoxy) is 6. The van der Waals surface area contributed by atoms with Crippen LogP contribution in [0, 0.1) is 29.1 Å². The number of allylic oxidation sites excluding steroid dienone is 1. The number of rotatable bonds is 12. The number of nitrogens with zero attached hydrogens (tertiary/aromatic N) is 2. The molecule has 0 saturated heterocycles. The molecule has 4 rings (SSSR count). The molecule has 0 aliphatic heterocycles. The standard InChI is InChI=1S/C44H58N2O12/c1-25(2)22-53-35-28(6)34(56-40(50)31-14-12-18-45-20-31)33-38(54-23-26(3)4)43(11,58-30(8)48)24-44(33,52)37(49)27(5)16-17-42(9,10)39(36(35)55-29(7)47)57-41(51)32-15-13-19-46-21-32/h12-21,25-27,33-36,38-39,52H,6,22-24H2,1-5,7-11H3/b17-16-/t27-,33-,34?,35+,36-,38-,39?,43-,44-/m1/s1. The van der Waals surface area contributed by atoms with Crippen LogP contribution in [0.25, 0.3) is 0 Å². The van der Waals surface area contributed by atoms with E-state index in [4.69, 9.17) is 28.4 Å². The van der Waals surface area contributed by atoms with Crippen LogP contribution in [0.15, 0.2) is 73.4 Å². The largest absolute Gasteiger partial charge is 0.457 e. The Morgan fingerprint density at radius 1 is 0.828 bits per heavy atom. The molecule has 2 heterocycles. The third kappa shape index (κ3) is 10.6. The molecule has 2 aromatic rings. The van der Waals surface area contributed by atoms with Crippen LogP contribution in [0.5, 0.6) is 0 Å². The molecule has 0 spiro atoms. The lowest BCUT2D eigenvalue weighted by Gasteiger charge is -2.44. The summed E-state index contributed by atoms with van der Waals surface area (Å²) < 4.78 is 37.7. The van der Waals surface area contributed by atoms with Gasteiger partial charge in [0.05, 0.1) is 17.0 Å². The number of carbonyl (C=O) groups is 5. The fourth-order valence-corrected chi connectivity index (χ4v) is 7.71. The molecule has 14 nitrogen and oxygen atoms in total. The van der Waals surface area contributed by atoms with Crippen LogP contribution in [0.2, 0.25) is 0 Å². The molecular formula is C44H58N2O12. The zero-order chi connectivity index (χ0) is 43.2. The van der Waals surface area contributed by atoms with Gasteiger partial charge in [0.1, 0.15) is 29.5 Å². The highest BCUT2D eigenvalue weighted by atomic mass is 16.6. The van der Waals surface area contributed by atoms with Crippen LogP contribution in [0.1, 0.15) is 96.4 Å². The van der Waals surface area contributed by atoms with Crippen LogP contribution in [-0.2, 0) is 42.8 Å². The van der Waals surface area contributed by atoms with Gasteiger partial charge in [0.2, 0.25) is 0 Å². The highest BCUT2D eigenvalue weighted by Crippen LogP contribution is 2.52. The Bertz CT molecular complexity index is 1830. The summed E-state index contributed by atoms with van der Waals surface area (Å²) in [5.74, 6) is -6.49. The molecule has 9 atom stereocenters. The summed E-state index contributed by atoms with van der Waals surface area (Å²) in [7, 11) is 0. The van der Waals surface area contributed by atoms with E-state index in [1.807, 2.05) is 27.7 Å². The van der Waals surface area contributed by atoms with Crippen LogP contribution in [0.4, 0.5) is 0 Å². The summed E-state index contributed by atoms with van der Waals surface area (Å²) in [4.78, 5) is 76.9. The van der Waals surface area contributed by atoms with E-state index in [-0.39, 0.29) is 41.7 Å². The summed E-state index contributed by atoms with van der Waals surface area (Å²) in [6.45, 7) is 21.1. The van der Waals surface area contributed by atoms with Gasteiger partial charge in [-0.2, -0.15) is 0 Å². The van der Waals surface area contributed by atoms with Crippen molar-refractivity contribution in [3.63, 3.8) is 0 Å². The summed E-state index contributed by atoms with van der Waals surface area (Å²) in [6, 6.07) is 6.11. The van der Waals surface area contributed by atoms with Gasteiger partial charge in [0, 0.05) is 69.6 Å². The summed E-state index contributed by atoms with van der Waals surface area (Å²) in [5, 5.41) is 13.0. The van der Waals surface area contributed by atoms with E-state index in [0.717, 1.165) is 0 Å². The number of hydrogen-bond donors (Lipinski definition) is 1. The summed E-state index contributed by atoms with van der Waals surface area (Å²) in [5.41, 5.74) is -5.13. The smallest absolute Gasteiger partial charge is 0.340 e. The number of carbonyl (C=O) groups excluding carboxylic acids is 5. The third-order valence-corrected chi connectivity index (χ3v) is 10.3. The molecule has 58 heavy (non-hydrogen) atoms. The molecule has 0 aromatic carbocycles. The number of Topliss-reactive ketones (excluding diaryl/α,β-unsaturated/α-hetero) is 1. The van der Waals surface area contributed by atoms with Gasteiger partial charge in [-0.1, -0.05) is 67.2 Å². The molecule has 1 saturated carbocycles. The molecule has 1 fully saturated rings. The molecule has 2 aliphatic carbocycles. The van der Waals surface area contributed by atoms with E-state index in [1.165, 1.54) is 56.8 Å². The Hall–Kier alpha value is -4.79. The van der Waals surface area contributed by atoms with E-state index in [2.05, 4.69) is 16.5 Å². The van der Waals surface area contributed by atoms with Crippen molar-refractivity contribution in [3.05, 3.63) is 84.5 Å². The van der Waals surface area contributed by atoms with Crippen molar-refractivity contribution < 1.29 is 57.5 Å². The van der Waals surface area contributed by atoms with Gasteiger partial charge in [-0.05, 0) is 48.6 Å². The third-order valence-electron chi connectivity index (χ3n) is 10.3. The van der Waals surface area contributed by atoms with Gasteiger partial charge in [0.15, 0.2) is 18.0 Å². The van der Waals surface area contributed by atoms with Crippen molar-refractivity contribution in [2.45, 2.75) is 117 Å². The fourth-order valence-electron chi connectivity index (χ4n) is 7.71. The first-order valence-corrected chi connectivity index (χ1v) is 19.6. The first-order chi connectivity index (χ1) is 27.1. The minimum absolute atomic E-state index is 0.0357.